The number of hydrogen-bond acceptors (Lipinski definition) is 6. The van der Waals surface area contributed by atoms with E-state index < -0.39 is 0 Å². The molecule has 0 N–H and O–H groups in total. The molecule has 0 saturated heterocycles. The number of likely N-dealkylation sites (N-methyl/N-ethyl adjacent to an activating group) is 2. The van der Waals surface area contributed by atoms with Crippen molar-refractivity contribution in [3.63, 3.8) is 0 Å². The molecule has 4 aliphatic heterocycles. The van der Waals surface area contributed by atoms with E-state index in [2.05, 4.69) is 171 Å². The first-order valence-electron chi connectivity index (χ1n) is 20.7. The Balaban J connectivity index is 0.00000205. The van der Waals surface area contributed by atoms with Gasteiger partial charge in [0.2, 0.25) is 0 Å². The van der Waals surface area contributed by atoms with Gasteiger partial charge in [-0.3, -0.25) is 0 Å². The normalized spacial score (nSPS) is 18.5. The van der Waals surface area contributed by atoms with Crippen molar-refractivity contribution in [1.29, 1.82) is 0 Å². The summed E-state index contributed by atoms with van der Waals surface area (Å²) in [5, 5.41) is 0. The second-order valence-electron chi connectivity index (χ2n) is 17.3. The van der Waals surface area contributed by atoms with Crippen LogP contribution in [0.3, 0.4) is 0 Å². The summed E-state index contributed by atoms with van der Waals surface area (Å²) >= 11 is 0. The van der Waals surface area contributed by atoms with Gasteiger partial charge in [-0.2, -0.15) is 0 Å². The van der Waals surface area contributed by atoms with Crippen LogP contribution in [0.4, 0.5) is 22.7 Å². The third kappa shape index (κ3) is 12.0. The molecular weight excluding hydrogens is 1210 g/mol. The van der Waals surface area contributed by atoms with Crippen molar-refractivity contribution in [1.82, 2.24) is 0 Å². The molecule has 2 unspecified atom stereocenters. The second kappa shape index (κ2) is 22.4. The molecule has 4 aliphatic rings. The summed E-state index contributed by atoms with van der Waals surface area (Å²) in [5.74, 6) is 1.88. The zero-order valence-corrected chi connectivity index (χ0v) is 45.3. The number of hydrogen-bond donors (Lipinski definition) is 0. The fourth-order valence-electron chi connectivity index (χ4n) is 8.77. The van der Waals surface area contributed by atoms with Crippen molar-refractivity contribution < 1.29 is 66.4 Å². The van der Waals surface area contributed by atoms with Crippen LogP contribution in [-0.2, 0) is 0 Å². The highest BCUT2D eigenvalue weighted by Gasteiger charge is 2.29. The van der Waals surface area contributed by atoms with E-state index >= 15 is 0 Å². The maximum absolute atomic E-state index is 6.29. The highest BCUT2D eigenvalue weighted by atomic mass is 127. The van der Waals surface area contributed by atoms with Gasteiger partial charge in [0.05, 0.1) is 65.7 Å². The fourth-order valence-corrected chi connectivity index (χ4v) is 8.77. The predicted octanol–water partition coefficient (Wildman–Crippen LogP) is 4.10. The molecule has 2 atom stereocenters. The molecule has 0 saturated carbocycles. The summed E-state index contributed by atoms with van der Waals surface area (Å²) in [6, 6.07) is 34.1. The molecule has 0 spiro atoms. The first-order valence-corrected chi connectivity index (χ1v) is 20.7. The third-order valence-corrected chi connectivity index (χ3v) is 12.2. The molecule has 61 heavy (non-hydrogen) atoms. The highest BCUT2D eigenvalue weighted by Crippen LogP contribution is 2.40. The molecule has 0 aliphatic carbocycles. The van der Waals surface area contributed by atoms with Crippen LogP contribution in [0.15, 0.2) is 134 Å². The topological polar surface area (TPSA) is 31.4 Å². The number of benzene rings is 4. The lowest BCUT2D eigenvalue weighted by molar-refractivity contribution is -0.909. The van der Waals surface area contributed by atoms with Crippen LogP contribution in [0, 0.1) is 0 Å². The maximum Gasteiger partial charge on any atom is 0.192 e. The minimum absolute atomic E-state index is 0. The Morgan fingerprint density at radius 1 is 0.492 bits per heavy atom. The number of fused-ring (bicyclic) bond motifs is 4. The lowest BCUT2D eigenvalue weighted by atomic mass is 9.99. The van der Waals surface area contributed by atoms with Crippen LogP contribution in [0.1, 0.15) is 30.4 Å². The summed E-state index contributed by atoms with van der Waals surface area (Å²) in [5.41, 5.74) is 9.74. The smallest absolute Gasteiger partial charge is 0.192 e. The Morgan fingerprint density at radius 3 is 1.23 bits per heavy atom. The van der Waals surface area contributed by atoms with Crippen molar-refractivity contribution >= 4 is 81.8 Å². The molecule has 0 fully saturated rings. The van der Waals surface area contributed by atoms with Crippen molar-refractivity contribution in [2.75, 3.05) is 101 Å². The maximum atomic E-state index is 6.29. The molecule has 12 heteroatoms. The number of ether oxygens (including phenoxy) is 2. The van der Waals surface area contributed by atoms with Gasteiger partial charge in [0, 0.05) is 81.3 Å². The highest BCUT2D eigenvalue weighted by molar-refractivity contribution is 14.0. The quantitative estimate of drug-likeness (QED) is 0.140. The summed E-state index contributed by atoms with van der Waals surface area (Å²) in [6.07, 6.45) is 16.7. The number of anilines is 4. The Morgan fingerprint density at radius 2 is 0.836 bits per heavy atom. The largest absolute Gasteiger partial charge is 1.00 e. The number of rotatable bonds is 14. The summed E-state index contributed by atoms with van der Waals surface area (Å²) in [4.78, 5) is 9.26. The van der Waals surface area contributed by atoms with Crippen molar-refractivity contribution in [2.45, 2.75) is 31.7 Å². The van der Waals surface area contributed by atoms with Crippen LogP contribution in [-0.4, -0.2) is 103 Å². The molecule has 8 rings (SSSR count). The first kappa shape index (κ1) is 51.1. The molecular formula is C49H62I4N6O2. The van der Waals surface area contributed by atoms with E-state index in [0.717, 1.165) is 70.9 Å². The Labute approximate surface area is 433 Å². The van der Waals surface area contributed by atoms with Gasteiger partial charge in [0.1, 0.15) is 11.5 Å². The van der Waals surface area contributed by atoms with Crippen LogP contribution in [0.2, 0.25) is 0 Å². The Hall–Kier alpha value is -2.52. The average molecular weight is 1270 g/mol. The van der Waals surface area contributed by atoms with Crippen molar-refractivity contribution in [2.24, 2.45) is 0 Å². The first-order chi connectivity index (χ1) is 27.6. The van der Waals surface area contributed by atoms with E-state index in [1.54, 1.807) is 0 Å². The van der Waals surface area contributed by atoms with Crippen LogP contribution in [0.5, 0.6) is 11.5 Å². The third-order valence-electron chi connectivity index (χ3n) is 12.2. The van der Waals surface area contributed by atoms with Gasteiger partial charge in [-0.25, -0.2) is 0 Å². The standard InChI is InChI=1S/C49H60N6O2.4HI/c1-50-44-22-11-13-24-46(44)56-48(50)36-38-26-30-52(42-20-9-7-18-40(38)42)28-15-32-54(3,4)34-17-35-55(5,6)33-16-29-53-31-27-39(41-19-8-10-21-43(41)53)37-49-51(2)45-23-12-14-25-47(45)57-49;;;;/h7-14,18-27,30-31,36-37,48-49H,15-17,28-29,32-35H2,1-6H3;4*1H/q+2;;;;/p-2. The van der Waals surface area contributed by atoms with Gasteiger partial charge < -0.3 is 86.0 Å². The SMILES string of the molecule is CN1c2ccccc2OC1C=C1C=CN(CCC[N+](C)(C)CCC[N+](C)(C)CCCN2C=CC(=CC3Oc4ccccc4N3C)c3ccccc32)c2ccccc21.I.I.[I-].[I-]. The lowest BCUT2D eigenvalue weighted by Crippen LogP contribution is -3.00. The van der Waals surface area contributed by atoms with Crippen LogP contribution < -0.4 is 77.0 Å². The molecule has 0 bridgehead atoms. The molecule has 0 aromatic heterocycles. The average Bonchev–Trinajstić information content (AvgIpc) is 3.70. The molecule has 8 nitrogen and oxygen atoms in total. The van der Waals surface area contributed by atoms with Gasteiger partial charge in [-0.15, -0.1) is 48.0 Å². The molecule has 4 aromatic rings. The van der Waals surface area contributed by atoms with E-state index in [1.165, 1.54) is 53.2 Å². The van der Waals surface area contributed by atoms with E-state index in [4.69, 9.17) is 9.47 Å². The van der Waals surface area contributed by atoms with E-state index in [1.807, 2.05) is 24.3 Å². The lowest BCUT2D eigenvalue weighted by Gasteiger charge is -2.35. The predicted molar refractivity (Wildman–Crippen MR) is 269 cm³/mol. The molecule has 328 valence electrons. The summed E-state index contributed by atoms with van der Waals surface area (Å²) in [6.45, 7) is 6.66. The minimum Gasteiger partial charge on any atom is -1.00 e. The van der Waals surface area contributed by atoms with Gasteiger partial charge in [-0.05, 0) is 71.8 Å². The number of para-hydroxylation sites is 6. The Kier molecular flexibility index (Phi) is 18.8. The molecule has 4 aromatic carbocycles. The Bertz CT molecular complexity index is 2050. The zero-order chi connectivity index (χ0) is 39.6. The molecule has 0 amide bonds. The number of quaternary nitrogens is 2. The van der Waals surface area contributed by atoms with Gasteiger partial charge in [0.25, 0.3) is 0 Å². The van der Waals surface area contributed by atoms with Gasteiger partial charge in [0.15, 0.2) is 12.5 Å². The monoisotopic (exact) mass is 1270 g/mol. The zero-order valence-electron chi connectivity index (χ0n) is 36.3. The van der Waals surface area contributed by atoms with Crippen molar-refractivity contribution in [3.8, 4) is 11.5 Å². The van der Waals surface area contributed by atoms with Crippen molar-refractivity contribution in [3.05, 3.63) is 145 Å². The van der Waals surface area contributed by atoms with E-state index in [-0.39, 0.29) is 108 Å². The minimum atomic E-state index is -0.121. The number of halogens is 4. The van der Waals surface area contributed by atoms with Gasteiger partial charge in [-0.1, -0.05) is 60.7 Å². The molecule has 0 radical (unpaired) electrons. The number of nitrogens with zero attached hydrogens (tertiary/aromatic N) is 6. The summed E-state index contributed by atoms with van der Waals surface area (Å²) < 4.78 is 14.7. The molecule has 4 heterocycles. The van der Waals surface area contributed by atoms with Crippen LogP contribution in [0.25, 0.3) is 11.1 Å². The van der Waals surface area contributed by atoms with E-state index in [9.17, 15) is 0 Å². The number of allylic oxidation sites excluding steroid dienone is 4. The summed E-state index contributed by atoms with van der Waals surface area (Å²) in [7, 11) is 13.8. The second-order valence-corrected chi connectivity index (χ2v) is 17.3. The van der Waals surface area contributed by atoms with Gasteiger partial charge >= 0.3 is 0 Å². The van der Waals surface area contributed by atoms with Crippen LogP contribution >= 0.6 is 48.0 Å². The van der Waals surface area contributed by atoms with E-state index in [0.29, 0.717) is 0 Å². The fraction of sp³-hybridized carbons (Fsp3) is 0.347.